The Morgan fingerprint density at radius 1 is 1.36 bits per heavy atom. The Labute approximate surface area is 72.2 Å². The minimum Gasteiger partial charge on any atom is -0.0934 e. The second-order valence-electron chi connectivity index (χ2n) is 2.04. The molecule has 0 bridgehead atoms. The Bertz CT molecular complexity index is 291. The summed E-state index contributed by atoms with van der Waals surface area (Å²) < 4.78 is 0. The van der Waals surface area contributed by atoms with Gasteiger partial charge in [-0.15, -0.1) is 0 Å². The second-order valence-corrected chi connectivity index (χ2v) is 2.45. The van der Waals surface area contributed by atoms with Gasteiger partial charge in [0.05, 0.1) is 5.02 Å². The number of rotatable bonds is 0. The van der Waals surface area contributed by atoms with Crippen LogP contribution in [0.1, 0.15) is 12.5 Å². The fourth-order valence-electron chi connectivity index (χ4n) is 0.713. The fraction of sp³-hybridized carbons (Fsp3) is 0.100. The molecule has 0 aromatic heterocycles. The van der Waals surface area contributed by atoms with Crippen LogP contribution in [0.2, 0.25) is 5.02 Å². The molecule has 0 saturated carbocycles. The van der Waals surface area contributed by atoms with Crippen molar-refractivity contribution in [1.29, 1.82) is 0 Å². The molecule has 0 unspecified atom stereocenters. The van der Waals surface area contributed by atoms with Crippen molar-refractivity contribution in [2.75, 3.05) is 0 Å². The highest BCUT2D eigenvalue weighted by Gasteiger charge is 1.91. The van der Waals surface area contributed by atoms with Gasteiger partial charge in [-0.3, -0.25) is 0 Å². The molecule has 0 saturated heterocycles. The van der Waals surface area contributed by atoms with E-state index in [-0.39, 0.29) is 0 Å². The van der Waals surface area contributed by atoms with Crippen molar-refractivity contribution in [3.8, 4) is 11.8 Å². The zero-order chi connectivity index (χ0) is 8.10. The summed E-state index contributed by atoms with van der Waals surface area (Å²) in [5, 5.41) is 0.710. The monoisotopic (exact) mass is 163 g/mol. The van der Waals surface area contributed by atoms with E-state index in [9.17, 15) is 0 Å². The molecule has 0 N–H and O–H groups in total. The summed E-state index contributed by atoms with van der Waals surface area (Å²) in [7, 11) is 0. The van der Waals surface area contributed by atoms with Gasteiger partial charge in [0.1, 0.15) is 0 Å². The van der Waals surface area contributed by atoms with Crippen molar-refractivity contribution >= 4 is 11.6 Å². The Kier molecular flexibility index (Phi) is 3.01. The minimum atomic E-state index is 0.710. The Morgan fingerprint density at radius 2 is 2.09 bits per heavy atom. The summed E-state index contributed by atoms with van der Waals surface area (Å²) in [5.74, 6) is 5.77. The molecule has 0 fully saturated rings. The molecule has 1 radical (unpaired) electrons. The Morgan fingerprint density at radius 3 is 2.73 bits per heavy atom. The van der Waals surface area contributed by atoms with Gasteiger partial charge in [0.25, 0.3) is 0 Å². The van der Waals surface area contributed by atoms with Crippen LogP contribution in [0.15, 0.2) is 24.3 Å². The lowest BCUT2D eigenvalue weighted by molar-refractivity contribution is 1.60. The van der Waals surface area contributed by atoms with E-state index < -0.39 is 0 Å². The van der Waals surface area contributed by atoms with Gasteiger partial charge >= 0.3 is 0 Å². The first-order chi connectivity index (χ1) is 5.34. The molecule has 11 heavy (non-hydrogen) atoms. The zero-order valence-corrected chi connectivity index (χ0v) is 7.02. The third-order valence-corrected chi connectivity index (χ3v) is 1.55. The van der Waals surface area contributed by atoms with Crippen molar-refractivity contribution < 1.29 is 0 Å². The maximum Gasteiger partial charge on any atom is 0.0562 e. The van der Waals surface area contributed by atoms with E-state index in [1.165, 1.54) is 0 Å². The van der Waals surface area contributed by atoms with Crippen LogP contribution in [-0.4, -0.2) is 0 Å². The number of hydrogen-bond acceptors (Lipinski definition) is 0. The molecule has 0 aliphatic heterocycles. The lowest BCUT2D eigenvalue weighted by Crippen LogP contribution is -1.74. The van der Waals surface area contributed by atoms with Crippen LogP contribution >= 0.6 is 11.6 Å². The van der Waals surface area contributed by atoms with Crippen molar-refractivity contribution in [3.63, 3.8) is 0 Å². The van der Waals surface area contributed by atoms with E-state index in [1.807, 2.05) is 31.2 Å². The summed E-state index contributed by atoms with van der Waals surface area (Å²) >= 11 is 5.84. The highest BCUT2D eigenvalue weighted by atomic mass is 35.5. The van der Waals surface area contributed by atoms with E-state index in [1.54, 1.807) is 6.42 Å². The van der Waals surface area contributed by atoms with Gasteiger partial charge in [-0.25, -0.2) is 0 Å². The molecule has 0 aliphatic carbocycles. The molecule has 0 aliphatic rings. The van der Waals surface area contributed by atoms with Gasteiger partial charge in [-0.1, -0.05) is 42.5 Å². The number of halogens is 1. The van der Waals surface area contributed by atoms with Crippen molar-refractivity contribution in [3.05, 3.63) is 41.3 Å². The lowest BCUT2D eigenvalue weighted by Gasteiger charge is -1.91. The van der Waals surface area contributed by atoms with Gasteiger partial charge in [-0.05, 0) is 12.1 Å². The van der Waals surface area contributed by atoms with Crippen molar-refractivity contribution in [2.24, 2.45) is 0 Å². The highest BCUT2D eigenvalue weighted by molar-refractivity contribution is 6.31. The smallest absolute Gasteiger partial charge is 0.0562 e. The van der Waals surface area contributed by atoms with E-state index in [0.29, 0.717) is 5.02 Å². The molecule has 0 amide bonds. The molecule has 0 nitrogen and oxygen atoms in total. The molecular weight excluding hydrogens is 156 g/mol. The summed E-state index contributed by atoms with van der Waals surface area (Å²) in [6.07, 6.45) is 1.79. The molecule has 55 valence electrons. The SMILES string of the molecule is C[CH]C#Cc1ccccc1Cl. The molecule has 0 heterocycles. The first-order valence-corrected chi connectivity index (χ1v) is 3.76. The summed E-state index contributed by atoms with van der Waals surface area (Å²) in [5.41, 5.74) is 0.882. The molecule has 1 heteroatoms. The maximum atomic E-state index is 5.84. The number of hydrogen-bond donors (Lipinski definition) is 0. The van der Waals surface area contributed by atoms with Crippen molar-refractivity contribution in [2.45, 2.75) is 6.92 Å². The van der Waals surface area contributed by atoms with Gasteiger partial charge in [-0.2, -0.15) is 0 Å². The molecule has 0 spiro atoms. The molecule has 0 atom stereocenters. The van der Waals surface area contributed by atoms with Crippen LogP contribution in [0.5, 0.6) is 0 Å². The topological polar surface area (TPSA) is 0 Å². The third-order valence-electron chi connectivity index (χ3n) is 1.23. The van der Waals surface area contributed by atoms with Crippen LogP contribution in [0.3, 0.4) is 0 Å². The van der Waals surface area contributed by atoms with E-state index >= 15 is 0 Å². The summed E-state index contributed by atoms with van der Waals surface area (Å²) in [4.78, 5) is 0. The molecule has 1 aromatic rings. The van der Waals surface area contributed by atoms with Gasteiger partial charge in [0.2, 0.25) is 0 Å². The molecule has 1 rings (SSSR count). The summed E-state index contributed by atoms with van der Waals surface area (Å²) in [6.45, 7) is 1.89. The zero-order valence-electron chi connectivity index (χ0n) is 6.26. The predicted molar refractivity (Wildman–Crippen MR) is 48.3 cm³/mol. The first-order valence-electron chi connectivity index (χ1n) is 3.38. The predicted octanol–water partition coefficient (Wildman–Crippen LogP) is 2.92. The van der Waals surface area contributed by atoms with E-state index in [0.717, 1.165) is 5.56 Å². The average Bonchev–Trinajstić information content (AvgIpc) is 2.03. The third kappa shape index (κ3) is 2.29. The van der Waals surface area contributed by atoms with Gasteiger partial charge in [0, 0.05) is 12.0 Å². The second kappa shape index (κ2) is 4.05. The average molecular weight is 164 g/mol. The van der Waals surface area contributed by atoms with Crippen LogP contribution in [-0.2, 0) is 0 Å². The first kappa shape index (κ1) is 8.17. The standard InChI is InChI=1S/C10H8Cl/c1-2-3-6-9-7-4-5-8-10(9)11/h2,4-5,7-8H,1H3. The number of benzene rings is 1. The fourth-order valence-corrected chi connectivity index (χ4v) is 0.895. The van der Waals surface area contributed by atoms with Crippen LogP contribution in [0.4, 0.5) is 0 Å². The normalized spacial score (nSPS) is 8.55. The van der Waals surface area contributed by atoms with Crippen LogP contribution in [0, 0.1) is 18.3 Å². The minimum absolute atomic E-state index is 0.710. The Hall–Kier alpha value is -0.930. The van der Waals surface area contributed by atoms with E-state index in [4.69, 9.17) is 11.6 Å². The van der Waals surface area contributed by atoms with Crippen LogP contribution in [0.25, 0.3) is 0 Å². The maximum absolute atomic E-state index is 5.84. The van der Waals surface area contributed by atoms with Gasteiger partial charge in [0.15, 0.2) is 0 Å². The van der Waals surface area contributed by atoms with Crippen molar-refractivity contribution in [1.82, 2.24) is 0 Å². The molecular formula is C10H8Cl. The van der Waals surface area contributed by atoms with Gasteiger partial charge < -0.3 is 0 Å². The molecule has 1 aromatic carbocycles. The van der Waals surface area contributed by atoms with E-state index in [2.05, 4.69) is 11.8 Å². The summed E-state index contributed by atoms with van der Waals surface area (Å²) in [6, 6.07) is 7.55. The van der Waals surface area contributed by atoms with Crippen LogP contribution < -0.4 is 0 Å². The quantitative estimate of drug-likeness (QED) is 0.516. The largest absolute Gasteiger partial charge is 0.0934 e. The Balaban J connectivity index is 2.95. The highest BCUT2D eigenvalue weighted by Crippen LogP contribution is 2.12. The lowest BCUT2D eigenvalue weighted by atomic mass is 10.2.